The molecular weight excluding hydrogens is 801 g/mol. The fourth-order valence-corrected chi connectivity index (χ4v) is 8.75. The molecule has 7 atom stereocenters. The van der Waals surface area contributed by atoms with Crippen molar-refractivity contribution in [2.24, 2.45) is 23.7 Å². The van der Waals surface area contributed by atoms with E-state index < -0.39 is 6.10 Å². The van der Waals surface area contributed by atoms with E-state index in [-0.39, 0.29) is 18.2 Å². The molecule has 1 aliphatic carbocycles. The van der Waals surface area contributed by atoms with Crippen molar-refractivity contribution in [2.75, 3.05) is 46.6 Å². The van der Waals surface area contributed by atoms with Crippen LogP contribution in [0.15, 0.2) is 110 Å². The molecule has 4 aliphatic rings. The second-order valence-corrected chi connectivity index (χ2v) is 18.4. The van der Waals surface area contributed by atoms with Gasteiger partial charge in [-0.1, -0.05) is 88.2 Å². The van der Waals surface area contributed by atoms with Gasteiger partial charge in [-0.15, -0.1) is 6.58 Å². The lowest BCUT2D eigenvalue weighted by Gasteiger charge is -2.50. The van der Waals surface area contributed by atoms with Gasteiger partial charge in [-0.25, -0.2) is 0 Å². The smallest absolute Gasteiger partial charge is 0.127 e. The molecular formula is C55H74N2O7. The molecule has 2 bridgehead atoms. The van der Waals surface area contributed by atoms with Crippen molar-refractivity contribution >= 4 is 21.7 Å². The van der Waals surface area contributed by atoms with Gasteiger partial charge in [0.1, 0.15) is 30.5 Å². The highest BCUT2D eigenvalue weighted by atomic mass is 16.5. The molecule has 9 heteroatoms. The van der Waals surface area contributed by atoms with Crippen molar-refractivity contribution in [1.82, 2.24) is 9.88 Å². The molecule has 64 heavy (non-hydrogen) atoms. The van der Waals surface area contributed by atoms with Gasteiger partial charge in [0.2, 0.25) is 0 Å². The highest BCUT2D eigenvalue weighted by molar-refractivity contribution is 5.88. The van der Waals surface area contributed by atoms with E-state index in [2.05, 4.69) is 67.6 Å². The highest BCUT2D eigenvalue weighted by Gasteiger charge is 2.42. The molecule has 3 saturated heterocycles. The van der Waals surface area contributed by atoms with E-state index in [0.29, 0.717) is 31.0 Å². The van der Waals surface area contributed by atoms with Crippen LogP contribution < -0.4 is 14.2 Å². The lowest BCUT2D eigenvalue weighted by atomic mass is 9.73. The number of benzene rings is 4. The molecule has 4 aromatic carbocycles. The maximum absolute atomic E-state index is 11.2. The molecule has 5 aromatic rings. The molecule has 1 aromatic heterocycles. The summed E-state index contributed by atoms with van der Waals surface area (Å²) < 4.78 is 22.4. The second-order valence-electron chi connectivity index (χ2n) is 18.4. The molecule has 3 aliphatic heterocycles. The van der Waals surface area contributed by atoms with Crippen molar-refractivity contribution in [1.29, 1.82) is 0 Å². The summed E-state index contributed by atoms with van der Waals surface area (Å²) in [5.41, 5.74) is 3.11. The van der Waals surface area contributed by atoms with Crippen LogP contribution in [-0.4, -0.2) is 90.1 Å². The fourth-order valence-electron chi connectivity index (χ4n) is 8.75. The minimum atomic E-state index is -0.504. The first-order valence-corrected chi connectivity index (χ1v) is 23.9. The third-order valence-electron chi connectivity index (χ3n) is 12.9. The van der Waals surface area contributed by atoms with Gasteiger partial charge in [-0.2, -0.15) is 0 Å². The number of hydrogen-bond acceptors (Lipinski definition) is 9. The van der Waals surface area contributed by atoms with Crippen LogP contribution in [0.2, 0.25) is 0 Å². The minimum absolute atomic E-state index is 0.178. The fraction of sp³-hybridized carbons (Fsp3) is 0.509. The quantitative estimate of drug-likeness (QED) is 0.0490. The lowest BCUT2D eigenvalue weighted by molar-refractivity contribution is -0.0444. The summed E-state index contributed by atoms with van der Waals surface area (Å²) in [4.78, 5) is 6.86. The number of hydrogen-bond donors (Lipinski definition) is 3. The van der Waals surface area contributed by atoms with E-state index in [4.69, 9.17) is 18.9 Å². The van der Waals surface area contributed by atoms with E-state index >= 15 is 0 Å². The van der Waals surface area contributed by atoms with Crippen LogP contribution in [0.5, 0.6) is 17.2 Å². The zero-order chi connectivity index (χ0) is 45.3. The van der Waals surface area contributed by atoms with Gasteiger partial charge in [0.25, 0.3) is 0 Å². The number of aliphatic hydroxyl groups excluding tert-OH is 3. The van der Waals surface area contributed by atoms with Gasteiger partial charge >= 0.3 is 0 Å². The lowest BCUT2D eigenvalue weighted by Crippen LogP contribution is -2.54. The zero-order valence-corrected chi connectivity index (χ0v) is 38.8. The molecule has 4 heterocycles. The Morgan fingerprint density at radius 2 is 1.58 bits per heavy atom. The summed E-state index contributed by atoms with van der Waals surface area (Å²) in [5, 5.41) is 34.0. The molecule has 9 nitrogen and oxygen atoms in total. The summed E-state index contributed by atoms with van der Waals surface area (Å²) in [5.74, 6) is 5.14. The Hall–Kier alpha value is -4.51. The van der Waals surface area contributed by atoms with Crippen molar-refractivity contribution in [3.63, 3.8) is 0 Å². The second kappa shape index (κ2) is 25.3. The molecule has 0 amide bonds. The summed E-state index contributed by atoms with van der Waals surface area (Å²) in [6, 6.07) is 30.2. The van der Waals surface area contributed by atoms with Gasteiger partial charge in [-0.3, -0.25) is 9.88 Å². The van der Waals surface area contributed by atoms with E-state index in [1.807, 2.05) is 66.7 Å². The molecule has 3 unspecified atom stereocenters. The maximum Gasteiger partial charge on any atom is 0.127 e. The van der Waals surface area contributed by atoms with Crippen LogP contribution >= 0.6 is 0 Å². The van der Waals surface area contributed by atoms with Crippen molar-refractivity contribution in [3.05, 3.63) is 121 Å². The number of rotatable bonds is 21. The Kier molecular flexibility index (Phi) is 19.3. The molecule has 1 saturated carbocycles. The molecule has 346 valence electrons. The molecule has 0 radical (unpaired) electrons. The van der Waals surface area contributed by atoms with Crippen LogP contribution in [-0.2, 0) is 11.2 Å². The average Bonchev–Trinajstić information content (AvgIpc) is 4.17. The number of unbranched alkanes of at least 4 members (excludes halogenated alkanes) is 1. The Balaban J connectivity index is 0.000000161. The van der Waals surface area contributed by atoms with Crippen molar-refractivity contribution < 1.29 is 34.3 Å². The first-order chi connectivity index (χ1) is 31.1. The number of fused-ring (bicyclic) bond motifs is 5. The van der Waals surface area contributed by atoms with Crippen LogP contribution in [0, 0.1) is 23.7 Å². The van der Waals surface area contributed by atoms with E-state index in [1.54, 1.807) is 13.3 Å². The van der Waals surface area contributed by atoms with Crippen LogP contribution in [0.3, 0.4) is 0 Å². The predicted molar refractivity (Wildman–Crippen MR) is 259 cm³/mol. The number of aromatic nitrogens is 1. The van der Waals surface area contributed by atoms with E-state index in [9.17, 15) is 15.3 Å². The van der Waals surface area contributed by atoms with Crippen molar-refractivity contribution in [3.8, 4) is 17.2 Å². The Labute approximate surface area is 382 Å². The molecule has 4 fully saturated rings. The van der Waals surface area contributed by atoms with Gasteiger partial charge in [0, 0.05) is 36.2 Å². The third kappa shape index (κ3) is 14.8. The topological polar surface area (TPSA) is 114 Å². The number of aliphatic hydroxyl groups is 3. The van der Waals surface area contributed by atoms with Gasteiger partial charge < -0.3 is 34.3 Å². The zero-order valence-electron chi connectivity index (χ0n) is 38.8. The van der Waals surface area contributed by atoms with Crippen LogP contribution in [0.4, 0.5) is 0 Å². The van der Waals surface area contributed by atoms with Crippen LogP contribution in [0.25, 0.3) is 21.7 Å². The average molecular weight is 875 g/mol. The molecule has 0 spiro atoms. The van der Waals surface area contributed by atoms with Crippen LogP contribution in [0.1, 0.15) is 95.8 Å². The van der Waals surface area contributed by atoms with Crippen molar-refractivity contribution in [2.45, 2.75) is 109 Å². The van der Waals surface area contributed by atoms with E-state index in [1.165, 1.54) is 24.8 Å². The first kappa shape index (κ1) is 48.9. The number of pyridine rings is 1. The minimum Gasteiger partial charge on any atom is -0.497 e. The van der Waals surface area contributed by atoms with E-state index in [0.717, 1.165) is 122 Å². The Bertz CT molecular complexity index is 2130. The summed E-state index contributed by atoms with van der Waals surface area (Å²) in [7, 11) is 1.66. The molecule has 9 rings (SSSR count). The standard InChI is InChI=1S/C20H24N2O2.C19H30O3.C16H20O2/c1-3-13-12-22-9-7-14(13)10-19(22)20(23)16-6-8-21-18-5-4-15(24-2)11-17(16)18;1-15(2)3-8-18(20)14-22-19-9-6-16(7-10-19)11-12-21-13-17-4-5-17;1-2-3-9-14(17)12-18-16-11-6-8-13-7-4-5-10-15(13)16/h3-6,8,11,13-14,19-20,23H,1,7,9-10,12H2,2H3;6-7,9-10,15,17-18,20H,3-5,8,11-14H2,1-2H3;4-8,10-11,14,17H,2-3,9,12H2,1H3/t13-,14-,19+,20-;;/m0../s1. The normalized spacial score (nSPS) is 20.4. The predicted octanol–water partition coefficient (Wildman–Crippen LogP) is 10.8. The van der Waals surface area contributed by atoms with Gasteiger partial charge in [-0.05, 0) is 141 Å². The molecule has 3 N–H and O–H groups in total. The summed E-state index contributed by atoms with van der Waals surface area (Å²) >= 11 is 0. The number of ether oxygens (including phenoxy) is 4. The highest BCUT2D eigenvalue weighted by Crippen LogP contribution is 2.42. The van der Waals surface area contributed by atoms with Gasteiger partial charge in [0.05, 0.1) is 37.5 Å². The number of piperidine rings is 3. The van der Waals surface area contributed by atoms with Gasteiger partial charge in [0.15, 0.2) is 0 Å². The number of nitrogens with zero attached hydrogens (tertiary/aromatic N) is 2. The monoisotopic (exact) mass is 875 g/mol. The summed E-state index contributed by atoms with van der Waals surface area (Å²) in [6.45, 7) is 15.0. The largest absolute Gasteiger partial charge is 0.497 e. The summed E-state index contributed by atoms with van der Waals surface area (Å²) in [6.07, 6.45) is 13.3. The Morgan fingerprint density at radius 1 is 0.828 bits per heavy atom. The third-order valence-corrected chi connectivity index (χ3v) is 12.9. The first-order valence-electron chi connectivity index (χ1n) is 23.9. The number of methoxy groups -OCH3 is 1. The Morgan fingerprint density at radius 3 is 2.30 bits per heavy atom. The SMILES string of the molecule is C=C[C@H]1CN2CC[C@H]1C[C@@H]2[C@@H](O)c1ccnc2ccc(OC)cc12.CC(C)CCC(O)COc1ccc(CCOCC2CC2)cc1.CCCCC(O)COc1cccc2ccccc12. The maximum atomic E-state index is 11.2.